The maximum Gasteiger partial charge on any atom is 0.325 e. The molecule has 642 valence electrons. The number of anilines is 8. The molecule has 123 heavy (non-hydrogen) atoms. The van der Waals surface area contributed by atoms with E-state index in [2.05, 4.69) is 170 Å². The molecule has 4 aromatic carbocycles. The van der Waals surface area contributed by atoms with Gasteiger partial charge < -0.3 is 60.4 Å². The van der Waals surface area contributed by atoms with Gasteiger partial charge in [-0.2, -0.15) is 19.9 Å². The van der Waals surface area contributed by atoms with Crippen LogP contribution in [0.1, 0.15) is 152 Å². The molecule has 0 aliphatic carbocycles. The zero-order chi connectivity index (χ0) is 89.4. The summed E-state index contributed by atoms with van der Waals surface area (Å²) in [5.74, 6) is 4.57. The van der Waals surface area contributed by atoms with Crippen molar-refractivity contribution in [1.82, 2.24) is 98.9 Å². The fourth-order valence-electron chi connectivity index (χ4n) is 14.9. The van der Waals surface area contributed by atoms with Crippen LogP contribution in [0.5, 0.6) is 0 Å². The van der Waals surface area contributed by atoms with Gasteiger partial charge in [0.05, 0.1) is 99.2 Å². The maximum absolute atomic E-state index is 12.9. The van der Waals surface area contributed by atoms with Crippen LogP contribution in [0.25, 0.3) is 22.7 Å². The van der Waals surface area contributed by atoms with Crippen LogP contribution in [-0.4, -0.2) is 163 Å². The van der Waals surface area contributed by atoms with Crippen LogP contribution in [0, 0.1) is 30.6 Å². The number of urea groups is 4. The number of nitrogens with zero attached hydrogens (tertiary/aromatic N) is 21. The number of nitrogens with one attached hydrogen (secondary N) is 7. The molecule has 12 heterocycles. The van der Waals surface area contributed by atoms with Crippen LogP contribution in [0.4, 0.5) is 66.2 Å². The van der Waals surface area contributed by atoms with Crippen LogP contribution >= 0.6 is 34.8 Å². The molecule has 0 bridgehead atoms. The molecule has 7 N–H and O–H groups in total. The van der Waals surface area contributed by atoms with Gasteiger partial charge in [0.1, 0.15) is 23.3 Å². The first-order valence-corrected chi connectivity index (χ1v) is 42.0. The molecule has 4 fully saturated rings. The third-order valence-electron chi connectivity index (χ3n) is 21.5. The van der Waals surface area contributed by atoms with Crippen LogP contribution in [0.3, 0.4) is 0 Å². The van der Waals surface area contributed by atoms with E-state index in [1.54, 1.807) is 89.1 Å². The van der Waals surface area contributed by atoms with E-state index in [1.165, 1.54) is 17.5 Å². The van der Waals surface area contributed by atoms with E-state index in [4.69, 9.17) is 37.5 Å². The Morgan fingerprint density at radius 3 is 0.976 bits per heavy atom. The second-order valence-corrected chi connectivity index (χ2v) is 33.4. The Morgan fingerprint density at radius 1 is 0.382 bits per heavy atom. The number of rotatable bonds is 24. The summed E-state index contributed by atoms with van der Waals surface area (Å²) in [7, 11) is 1.47. The molecule has 16 rings (SSSR count). The summed E-state index contributed by atoms with van der Waals surface area (Å²) in [6, 6.07) is 36.0. The molecule has 8 amide bonds. The van der Waals surface area contributed by atoms with E-state index in [1.807, 2.05) is 171 Å². The number of aromatic nitrogens is 16. The minimum Gasteiger partial charge on any atom is -0.346 e. The van der Waals surface area contributed by atoms with Crippen molar-refractivity contribution < 1.29 is 21.9 Å². The Morgan fingerprint density at radius 2 is 0.675 bits per heavy atom. The topological polar surface area (TPSA) is 343 Å². The fraction of sp³-hybridized carbons (Fsp3) is 0.364. The number of hydrogen-bond donors (Lipinski definition) is 7. The van der Waals surface area contributed by atoms with Gasteiger partial charge in [0.2, 0.25) is 23.8 Å². The quantitative estimate of drug-likeness (QED) is 0.0295. The zero-order valence-electron chi connectivity index (χ0n) is 73.4. The van der Waals surface area contributed by atoms with Crippen LogP contribution in [-0.2, 0) is 0 Å². The Balaban J connectivity index is 0.000000143. The van der Waals surface area contributed by atoms with Gasteiger partial charge in [0.15, 0.2) is 0 Å². The molecule has 4 saturated heterocycles. The molecule has 12 aromatic rings. The van der Waals surface area contributed by atoms with Crippen LogP contribution < -0.4 is 56.8 Å². The predicted molar refractivity (Wildman–Crippen MR) is 482 cm³/mol. The standard InChI is InChI=1S/3C22H26ClN7O.C22H27N7O/c1-14(2)19-12-28(4)22(31)30(19)20-9-10-24-21(27-20)26-15(3)18-11-29(13-25-18)17-7-5-16(23)6-8-17;2*1-13(2)20-15(4)27-22(31)30(20)19-9-10-24-21(28-19)26-14(3)18-11-29(12-25-18)17-7-5-16(23)6-8-17;1-14(2)19-11-24-22(30)29(19)20-9-10-23-21(27-20)26-16(4)18-12-28(13-25-18)17-7-5-15(3)6-8-17/h5-11,13-15,19H,12H2,1-4H3,(H,24,26,27);2*5-15,20H,1-4H3,(H,27,31)(H,24,26,28);5-10,12-14,16,19H,11H2,1-4H3,(H,24,30)(H,23,26,27)/t15-,19+;14-,15+,20-;14-,15-,20-;16-,19+/m0000/s1/i12D2;;;. The van der Waals surface area contributed by atoms with Gasteiger partial charge in [-0.05, 0) is 181 Å². The van der Waals surface area contributed by atoms with E-state index in [0.29, 0.717) is 74.6 Å². The van der Waals surface area contributed by atoms with Crippen molar-refractivity contribution in [3.63, 3.8) is 0 Å². The molecule has 10 atom stereocenters. The van der Waals surface area contributed by atoms with Crippen molar-refractivity contribution in [2.75, 3.05) is 61.0 Å². The summed E-state index contributed by atoms with van der Waals surface area (Å²) >= 11 is 17.9. The lowest BCUT2D eigenvalue weighted by molar-refractivity contribution is 0.229. The lowest BCUT2D eigenvalue weighted by Gasteiger charge is -2.27. The van der Waals surface area contributed by atoms with Crippen molar-refractivity contribution in [3.05, 3.63) is 240 Å². The minimum atomic E-state index is -1.81. The number of amides is 8. The summed E-state index contributed by atoms with van der Waals surface area (Å²) in [5, 5.41) is 24.0. The van der Waals surface area contributed by atoms with Gasteiger partial charge in [-0.25, -0.2) is 59.0 Å². The van der Waals surface area contributed by atoms with Crippen molar-refractivity contribution in [2.24, 2.45) is 23.7 Å². The monoisotopic (exact) mass is 1720 g/mol. The number of carbonyl (C=O) groups is 4. The van der Waals surface area contributed by atoms with Gasteiger partial charge in [0, 0.05) is 120 Å². The molecule has 35 heteroatoms. The highest BCUT2D eigenvalue weighted by Gasteiger charge is 2.43. The van der Waals surface area contributed by atoms with E-state index in [-0.39, 0.29) is 90.2 Å². The minimum absolute atomic E-state index is 0.0303. The van der Waals surface area contributed by atoms with E-state index < -0.39 is 18.6 Å². The Kier molecular flexibility index (Phi) is 27.0. The number of carbonyl (C=O) groups excluding carboxylic acids is 4. The first-order chi connectivity index (χ1) is 59.7. The van der Waals surface area contributed by atoms with Gasteiger partial charge in [0.25, 0.3) is 0 Å². The molecule has 0 radical (unpaired) electrons. The normalized spacial score (nSPS) is 19.1. The molecule has 32 nitrogen and oxygen atoms in total. The van der Waals surface area contributed by atoms with E-state index >= 15 is 0 Å². The van der Waals surface area contributed by atoms with Gasteiger partial charge in [-0.3, -0.25) is 19.6 Å². The first-order valence-electron chi connectivity index (χ1n) is 41.9. The molecule has 0 unspecified atom stereocenters. The number of imidazole rings is 4. The average molecular weight is 1730 g/mol. The zero-order valence-corrected chi connectivity index (χ0v) is 73.7. The summed E-state index contributed by atoms with van der Waals surface area (Å²) in [5.41, 5.74) is 8.52. The average Bonchev–Trinajstić information content (AvgIpc) is 1.62. The second kappa shape index (κ2) is 38.9. The van der Waals surface area contributed by atoms with Crippen molar-refractivity contribution >= 4 is 106 Å². The van der Waals surface area contributed by atoms with Crippen molar-refractivity contribution in [1.29, 1.82) is 0 Å². The number of aryl methyl sites for hydroxylation is 1. The highest BCUT2D eigenvalue weighted by molar-refractivity contribution is 6.31. The molecule has 4 aliphatic rings. The largest absolute Gasteiger partial charge is 0.346 e. The predicted octanol–water partition coefficient (Wildman–Crippen LogP) is 16.9. The number of likely N-dealkylation sites (N-methyl/N-ethyl adjacent to an activating group) is 1. The molecular weight excluding hydrogens is 1620 g/mol. The Bertz CT molecular complexity index is 5530. The summed E-state index contributed by atoms with van der Waals surface area (Å²) < 4.78 is 24.6. The Labute approximate surface area is 734 Å². The fourth-order valence-corrected chi connectivity index (χ4v) is 15.3. The van der Waals surface area contributed by atoms with Crippen molar-refractivity contribution in [2.45, 2.75) is 164 Å². The van der Waals surface area contributed by atoms with Crippen molar-refractivity contribution in [3.8, 4) is 22.7 Å². The molecular formula is C88H105Cl3N28O4. The second-order valence-electron chi connectivity index (χ2n) is 32.1. The SMILES string of the molecule is CC(C)[C@H]1[C@@H](C)NC(=O)N1c1ccnc(N[C@@H](C)c2cn(-c3ccc(Cl)cc3)cn2)n1.CC(C)[C@H]1[C@H](C)NC(=O)N1c1ccnc(N[C@@H](C)c2cn(-c3ccc(Cl)cc3)cn2)n1.Cc1ccc(-n2cnc([C@H](C)Nc3nccc(N4C(=O)NC[C@@H]4C(C)C)n3)c2)cc1.[2H]C1([2H])[C@H](C(C)C)N(c2ccnc(N[C@@H](C)c3cn(-c4ccc(Cl)cc4)cn3)n2)C(=O)N1C. The number of benzene rings is 4. The smallest absolute Gasteiger partial charge is 0.325 e. The maximum atomic E-state index is 12.9. The highest BCUT2D eigenvalue weighted by atomic mass is 35.5. The molecule has 4 aliphatic heterocycles. The number of halogens is 3. The van der Waals surface area contributed by atoms with Crippen LogP contribution in [0.2, 0.25) is 15.1 Å². The van der Waals surface area contributed by atoms with Gasteiger partial charge in [-0.15, -0.1) is 0 Å². The summed E-state index contributed by atoms with van der Waals surface area (Å²) in [6.45, 7) is 29.2. The van der Waals surface area contributed by atoms with Gasteiger partial charge >= 0.3 is 24.1 Å². The lowest BCUT2D eigenvalue weighted by atomic mass is 9.98. The van der Waals surface area contributed by atoms with Gasteiger partial charge in [-0.1, -0.05) is 108 Å². The Hall–Kier alpha value is -12.8. The molecule has 0 saturated carbocycles. The summed E-state index contributed by atoms with van der Waals surface area (Å²) in [6.07, 6.45) is 21.4. The van der Waals surface area contributed by atoms with E-state index in [0.717, 1.165) is 50.4 Å². The number of hydrogen-bond acceptors (Lipinski definition) is 20. The highest BCUT2D eigenvalue weighted by Crippen LogP contribution is 2.34. The third-order valence-corrected chi connectivity index (χ3v) is 22.2. The lowest BCUT2D eigenvalue weighted by Crippen LogP contribution is -2.40. The summed E-state index contributed by atoms with van der Waals surface area (Å²) in [4.78, 5) is 112. The van der Waals surface area contributed by atoms with E-state index in [9.17, 15) is 19.2 Å². The molecule has 8 aromatic heterocycles. The molecule has 0 spiro atoms. The first kappa shape index (κ1) is 85.2. The van der Waals surface area contributed by atoms with Crippen LogP contribution in [0.15, 0.2) is 196 Å². The third kappa shape index (κ3) is 21.0.